The van der Waals surface area contributed by atoms with Gasteiger partial charge < -0.3 is 14.5 Å². The third kappa shape index (κ3) is 10.9. The van der Waals surface area contributed by atoms with Gasteiger partial charge in [0, 0.05) is 20.1 Å². The van der Waals surface area contributed by atoms with Crippen molar-refractivity contribution in [1.29, 1.82) is 0 Å². The number of esters is 1. The number of likely N-dealkylation sites (tertiary alicyclic amines) is 1. The van der Waals surface area contributed by atoms with Crippen LogP contribution in [0.3, 0.4) is 0 Å². The van der Waals surface area contributed by atoms with E-state index >= 15 is 0 Å². The van der Waals surface area contributed by atoms with Crippen molar-refractivity contribution in [1.82, 2.24) is 14.7 Å². The van der Waals surface area contributed by atoms with Crippen LogP contribution in [0.5, 0.6) is 0 Å². The molecular formula is C21H37N3O4. The van der Waals surface area contributed by atoms with Crippen molar-refractivity contribution in [3.8, 4) is 11.8 Å². The summed E-state index contributed by atoms with van der Waals surface area (Å²) in [6.45, 7) is 11.6. The van der Waals surface area contributed by atoms with Gasteiger partial charge in [-0.25, -0.2) is 4.79 Å². The standard InChI is InChI=1S/C11H21NO3.C10H16N2O/c1-8(2)9(12(6)7-13)10(14)15-11(3,4)5;1-11(2)7-5-6-10(13)12-8-3-4-9-12/h7-9H,1-6H3;3-4,7-9H2,1-2H3. The molecule has 1 unspecified atom stereocenters. The van der Waals surface area contributed by atoms with E-state index in [0.717, 1.165) is 25.9 Å². The Morgan fingerprint density at radius 2 is 1.68 bits per heavy atom. The molecule has 160 valence electrons. The Balaban J connectivity index is 0.000000525. The van der Waals surface area contributed by atoms with Crippen LogP contribution in [0.15, 0.2) is 0 Å². The highest BCUT2D eigenvalue weighted by molar-refractivity contribution is 5.93. The van der Waals surface area contributed by atoms with Gasteiger partial charge in [0.2, 0.25) is 6.41 Å². The van der Waals surface area contributed by atoms with Crippen LogP contribution >= 0.6 is 0 Å². The molecule has 1 aliphatic heterocycles. The minimum absolute atomic E-state index is 0.0145. The summed E-state index contributed by atoms with van der Waals surface area (Å²) < 4.78 is 5.24. The molecule has 2 amide bonds. The van der Waals surface area contributed by atoms with Crippen LogP contribution in [-0.4, -0.2) is 85.4 Å². The number of hydrogen-bond acceptors (Lipinski definition) is 5. The van der Waals surface area contributed by atoms with E-state index in [9.17, 15) is 14.4 Å². The maximum absolute atomic E-state index is 11.8. The summed E-state index contributed by atoms with van der Waals surface area (Å²) in [5.74, 6) is 5.17. The molecule has 7 nitrogen and oxygen atoms in total. The molecule has 28 heavy (non-hydrogen) atoms. The number of hydrogen-bond donors (Lipinski definition) is 0. The van der Waals surface area contributed by atoms with Crippen LogP contribution < -0.4 is 0 Å². The first-order chi connectivity index (χ1) is 12.9. The largest absolute Gasteiger partial charge is 0.458 e. The van der Waals surface area contributed by atoms with Gasteiger partial charge in [-0.2, -0.15) is 0 Å². The predicted molar refractivity (Wildman–Crippen MR) is 110 cm³/mol. The quantitative estimate of drug-likeness (QED) is 0.402. The zero-order valence-electron chi connectivity index (χ0n) is 18.7. The lowest BCUT2D eigenvalue weighted by Gasteiger charge is -2.29. The number of likely N-dealkylation sites (N-methyl/N-ethyl adjacent to an activating group) is 1. The van der Waals surface area contributed by atoms with Gasteiger partial charge in [-0.3, -0.25) is 14.5 Å². The number of carbonyl (C=O) groups excluding carboxylic acids is 3. The SMILES string of the molecule is CC(C)C(C(=O)OC(C)(C)C)N(C)C=O.CN(C)CC#CC(=O)N1CCCC1. The summed E-state index contributed by atoms with van der Waals surface area (Å²) in [6, 6.07) is -0.512. The van der Waals surface area contributed by atoms with Crippen LogP contribution in [0.4, 0.5) is 0 Å². The van der Waals surface area contributed by atoms with Crippen LogP contribution in [-0.2, 0) is 19.1 Å². The molecule has 1 fully saturated rings. The molecule has 1 heterocycles. The number of rotatable bonds is 5. The molecule has 0 aromatic rings. The van der Waals surface area contributed by atoms with Gasteiger partial charge in [-0.1, -0.05) is 19.8 Å². The van der Waals surface area contributed by atoms with E-state index in [-0.39, 0.29) is 17.8 Å². The van der Waals surface area contributed by atoms with E-state index in [0.29, 0.717) is 13.0 Å². The van der Waals surface area contributed by atoms with Gasteiger partial charge in [0.15, 0.2) is 0 Å². The lowest BCUT2D eigenvalue weighted by molar-refractivity contribution is -0.164. The molecule has 0 aliphatic carbocycles. The summed E-state index contributed by atoms with van der Waals surface area (Å²) in [6.07, 6.45) is 2.90. The lowest BCUT2D eigenvalue weighted by Crippen LogP contribution is -2.45. The van der Waals surface area contributed by atoms with E-state index in [1.54, 1.807) is 7.05 Å². The summed E-state index contributed by atoms with van der Waals surface area (Å²) in [7, 11) is 5.46. The zero-order valence-corrected chi connectivity index (χ0v) is 18.7. The van der Waals surface area contributed by atoms with E-state index in [1.165, 1.54) is 4.90 Å². The second-order valence-corrected chi connectivity index (χ2v) is 8.53. The first-order valence-corrected chi connectivity index (χ1v) is 9.71. The Hall–Kier alpha value is -2.07. The average molecular weight is 396 g/mol. The predicted octanol–water partition coefficient (Wildman–Crippen LogP) is 1.61. The fraction of sp³-hybridized carbons (Fsp3) is 0.762. The maximum Gasteiger partial charge on any atom is 0.329 e. The summed E-state index contributed by atoms with van der Waals surface area (Å²) in [5.41, 5.74) is -0.520. The van der Waals surface area contributed by atoms with Gasteiger partial charge in [0.25, 0.3) is 5.91 Å². The normalized spacial score (nSPS) is 14.6. The third-order valence-electron chi connectivity index (χ3n) is 3.87. The Labute approximate surface area is 170 Å². The van der Waals surface area contributed by atoms with Gasteiger partial charge >= 0.3 is 5.97 Å². The highest BCUT2D eigenvalue weighted by Crippen LogP contribution is 2.15. The van der Waals surface area contributed by atoms with Crippen LogP contribution in [0.1, 0.15) is 47.5 Å². The smallest absolute Gasteiger partial charge is 0.329 e. The topological polar surface area (TPSA) is 70.2 Å². The van der Waals surface area contributed by atoms with Crippen molar-refractivity contribution in [3.63, 3.8) is 0 Å². The Bertz CT molecular complexity index is 564. The molecule has 0 aromatic carbocycles. The fourth-order valence-electron chi connectivity index (χ4n) is 2.61. The minimum Gasteiger partial charge on any atom is -0.458 e. The fourth-order valence-corrected chi connectivity index (χ4v) is 2.61. The van der Waals surface area contributed by atoms with Crippen LogP contribution in [0.25, 0.3) is 0 Å². The van der Waals surface area contributed by atoms with Gasteiger partial charge in [-0.15, -0.1) is 0 Å². The highest BCUT2D eigenvalue weighted by Gasteiger charge is 2.30. The molecule has 1 rings (SSSR count). The monoisotopic (exact) mass is 395 g/mol. The molecule has 0 aromatic heterocycles. The average Bonchev–Trinajstić information content (AvgIpc) is 3.07. The van der Waals surface area contributed by atoms with Crippen molar-refractivity contribution in [2.45, 2.75) is 59.1 Å². The zero-order chi connectivity index (χ0) is 21.9. The van der Waals surface area contributed by atoms with E-state index < -0.39 is 11.6 Å². The van der Waals surface area contributed by atoms with Crippen molar-refractivity contribution in [2.24, 2.45) is 5.92 Å². The lowest BCUT2D eigenvalue weighted by atomic mass is 10.0. The molecule has 0 saturated carbocycles. The number of ether oxygens (including phenoxy) is 1. The van der Waals surface area contributed by atoms with Gasteiger partial charge in [0.1, 0.15) is 11.6 Å². The first kappa shape index (κ1) is 25.9. The molecule has 0 N–H and O–H groups in total. The Morgan fingerprint density at radius 1 is 1.14 bits per heavy atom. The van der Waals surface area contributed by atoms with Crippen LogP contribution in [0, 0.1) is 17.8 Å². The molecule has 0 bridgehead atoms. The summed E-state index contributed by atoms with van der Waals surface area (Å²) in [5, 5.41) is 0. The second kappa shape index (κ2) is 12.4. The second-order valence-electron chi connectivity index (χ2n) is 8.53. The van der Waals surface area contributed by atoms with Crippen molar-refractivity contribution in [3.05, 3.63) is 0 Å². The molecule has 0 spiro atoms. The molecular weight excluding hydrogens is 358 g/mol. The highest BCUT2D eigenvalue weighted by atomic mass is 16.6. The van der Waals surface area contributed by atoms with E-state index in [2.05, 4.69) is 11.8 Å². The summed E-state index contributed by atoms with van der Waals surface area (Å²) >= 11 is 0. The molecule has 0 radical (unpaired) electrons. The van der Waals surface area contributed by atoms with Crippen molar-refractivity contribution >= 4 is 18.3 Å². The molecule has 7 heteroatoms. The Morgan fingerprint density at radius 3 is 2.07 bits per heavy atom. The van der Waals surface area contributed by atoms with Crippen LogP contribution in [0.2, 0.25) is 0 Å². The first-order valence-electron chi connectivity index (χ1n) is 9.71. The summed E-state index contributed by atoms with van der Waals surface area (Å²) in [4.78, 5) is 38.9. The van der Waals surface area contributed by atoms with Gasteiger partial charge in [-0.05, 0) is 59.5 Å². The van der Waals surface area contributed by atoms with Crippen molar-refractivity contribution in [2.75, 3.05) is 40.8 Å². The molecule has 1 aliphatic rings. The van der Waals surface area contributed by atoms with E-state index in [1.807, 2.05) is 58.5 Å². The van der Waals surface area contributed by atoms with Crippen molar-refractivity contribution < 1.29 is 19.1 Å². The number of carbonyl (C=O) groups is 3. The minimum atomic E-state index is -0.520. The van der Waals surface area contributed by atoms with Gasteiger partial charge in [0.05, 0.1) is 6.54 Å². The van der Waals surface area contributed by atoms with E-state index in [4.69, 9.17) is 4.74 Å². The number of nitrogens with zero attached hydrogens (tertiary/aromatic N) is 3. The molecule has 1 atom stereocenters. The maximum atomic E-state index is 11.8. The molecule has 1 saturated heterocycles. The Kier molecular flexibility index (Phi) is 11.5. The third-order valence-corrected chi connectivity index (χ3v) is 3.87. The number of amides is 2.